The van der Waals surface area contributed by atoms with Crippen LogP contribution >= 0.6 is 0 Å². The molecule has 3 nitrogen and oxygen atoms in total. The largest absolute Gasteiger partial charge is 0.326 e. The van der Waals surface area contributed by atoms with E-state index in [1.54, 1.807) is 0 Å². The van der Waals surface area contributed by atoms with Crippen LogP contribution in [0.2, 0.25) is 0 Å². The maximum absolute atomic E-state index is 10.9. The van der Waals surface area contributed by atoms with Crippen LogP contribution in [0, 0.1) is 0 Å². The number of nitrogens with one attached hydrogen (secondary N) is 1. The number of anilines is 1. The number of aromatic nitrogens is 1. The second-order valence-corrected chi connectivity index (χ2v) is 3.74. The van der Waals surface area contributed by atoms with Gasteiger partial charge in [-0.1, -0.05) is 13.0 Å². The Balaban J connectivity index is 2.43. The third-order valence-electron chi connectivity index (χ3n) is 2.43. The maximum atomic E-state index is 10.9. The number of aryl methyl sites for hydroxylation is 1. The highest BCUT2D eigenvalue weighted by molar-refractivity contribution is 5.92. The Kier molecular flexibility index (Phi) is 2.86. The second-order valence-electron chi connectivity index (χ2n) is 3.74. The first kappa shape index (κ1) is 10.6. The standard InChI is InChI=1S/C13H14N2O/c1-3-11-5-4-10-8-12(14-9(2)16)6-7-13(10)15-11/h4-8H,3H2,1-2H3,(H,14,16). The van der Waals surface area contributed by atoms with E-state index < -0.39 is 0 Å². The monoisotopic (exact) mass is 214 g/mol. The third kappa shape index (κ3) is 2.19. The van der Waals surface area contributed by atoms with Crippen LogP contribution < -0.4 is 5.32 Å². The number of rotatable bonds is 2. The van der Waals surface area contributed by atoms with Crippen molar-refractivity contribution in [3.63, 3.8) is 0 Å². The predicted octanol–water partition coefficient (Wildman–Crippen LogP) is 2.76. The van der Waals surface area contributed by atoms with E-state index in [1.807, 2.05) is 30.3 Å². The third-order valence-corrected chi connectivity index (χ3v) is 2.43. The highest BCUT2D eigenvalue weighted by Crippen LogP contribution is 2.18. The molecule has 3 heteroatoms. The van der Waals surface area contributed by atoms with Crippen molar-refractivity contribution in [2.24, 2.45) is 0 Å². The second kappa shape index (κ2) is 4.31. The summed E-state index contributed by atoms with van der Waals surface area (Å²) in [6.45, 7) is 3.59. The first-order valence-corrected chi connectivity index (χ1v) is 5.36. The Morgan fingerprint density at radius 3 is 2.81 bits per heavy atom. The quantitative estimate of drug-likeness (QED) is 0.835. The zero-order valence-corrected chi connectivity index (χ0v) is 9.45. The summed E-state index contributed by atoms with van der Waals surface area (Å²) in [5.74, 6) is -0.0579. The molecule has 0 saturated carbocycles. The molecule has 0 aliphatic heterocycles. The lowest BCUT2D eigenvalue weighted by molar-refractivity contribution is -0.114. The fraction of sp³-hybridized carbons (Fsp3) is 0.231. The Labute approximate surface area is 94.5 Å². The molecular formula is C13H14N2O. The molecule has 1 aromatic carbocycles. The van der Waals surface area contributed by atoms with Gasteiger partial charge in [0.25, 0.3) is 0 Å². The van der Waals surface area contributed by atoms with Gasteiger partial charge in [-0.25, -0.2) is 0 Å². The topological polar surface area (TPSA) is 42.0 Å². The average molecular weight is 214 g/mol. The molecule has 0 unspecified atom stereocenters. The van der Waals surface area contributed by atoms with Gasteiger partial charge in [-0.3, -0.25) is 9.78 Å². The number of pyridine rings is 1. The van der Waals surface area contributed by atoms with Crippen LogP contribution in [0.4, 0.5) is 5.69 Å². The number of nitrogens with zero attached hydrogens (tertiary/aromatic N) is 1. The number of carbonyl (C=O) groups is 1. The normalized spacial score (nSPS) is 10.4. The van der Waals surface area contributed by atoms with Gasteiger partial charge < -0.3 is 5.32 Å². The van der Waals surface area contributed by atoms with Crippen LogP contribution in [0.5, 0.6) is 0 Å². The minimum absolute atomic E-state index is 0.0579. The molecule has 82 valence electrons. The van der Waals surface area contributed by atoms with E-state index in [9.17, 15) is 4.79 Å². The molecule has 0 spiro atoms. The lowest BCUT2D eigenvalue weighted by Gasteiger charge is -2.04. The van der Waals surface area contributed by atoms with E-state index in [0.29, 0.717) is 0 Å². The minimum Gasteiger partial charge on any atom is -0.326 e. The SMILES string of the molecule is CCc1ccc2cc(NC(C)=O)ccc2n1. The number of hydrogen-bond acceptors (Lipinski definition) is 2. The van der Waals surface area contributed by atoms with Crippen molar-refractivity contribution in [2.75, 3.05) is 5.32 Å². The molecule has 0 aliphatic rings. The molecule has 0 bridgehead atoms. The molecule has 0 radical (unpaired) electrons. The number of hydrogen-bond donors (Lipinski definition) is 1. The predicted molar refractivity (Wildman–Crippen MR) is 65.4 cm³/mol. The Morgan fingerprint density at radius 2 is 2.12 bits per heavy atom. The number of carbonyl (C=O) groups excluding carboxylic acids is 1. The zero-order chi connectivity index (χ0) is 11.5. The molecule has 1 aromatic heterocycles. The summed E-state index contributed by atoms with van der Waals surface area (Å²) >= 11 is 0. The first-order valence-electron chi connectivity index (χ1n) is 5.36. The molecule has 16 heavy (non-hydrogen) atoms. The van der Waals surface area contributed by atoms with Gasteiger partial charge in [-0.05, 0) is 30.7 Å². The summed E-state index contributed by atoms with van der Waals surface area (Å²) in [5, 5.41) is 3.80. The van der Waals surface area contributed by atoms with Crippen molar-refractivity contribution >= 4 is 22.5 Å². The van der Waals surface area contributed by atoms with Gasteiger partial charge in [0.05, 0.1) is 5.52 Å². The molecule has 1 heterocycles. The van der Waals surface area contributed by atoms with Crippen molar-refractivity contribution in [1.29, 1.82) is 0 Å². The minimum atomic E-state index is -0.0579. The smallest absolute Gasteiger partial charge is 0.221 e. The molecular weight excluding hydrogens is 200 g/mol. The molecule has 0 saturated heterocycles. The first-order chi connectivity index (χ1) is 7.69. The summed E-state index contributed by atoms with van der Waals surface area (Å²) < 4.78 is 0. The molecule has 0 atom stereocenters. The van der Waals surface area contributed by atoms with Crippen LogP contribution in [-0.2, 0) is 11.2 Å². The number of amides is 1. The summed E-state index contributed by atoms with van der Waals surface area (Å²) in [6, 6.07) is 9.78. The van der Waals surface area contributed by atoms with E-state index in [1.165, 1.54) is 6.92 Å². The Hall–Kier alpha value is -1.90. The van der Waals surface area contributed by atoms with Crippen molar-refractivity contribution in [3.8, 4) is 0 Å². The average Bonchev–Trinajstić information content (AvgIpc) is 2.27. The molecule has 2 rings (SSSR count). The van der Waals surface area contributed by atoms with Gasteiger partial charge in [0.2, 0.25) is 5.91 Å². The van der Waals surface area contributed by atoms with Crippen molar-refractivity contribution < 1.29 is 4.79 Å². The maximum Gasteiger partial charge on any atom is 0.221 e. The van der Waals surface area contributed by atoms with Crippen LogP contribution in [0.1, 0.15) is 19.5 Å². The summed E-state index contributed by atoms with van der Waals surface area (Å²) in [5.41, 5.74) is 2.86. The lowest BCUT2D eigenvalue weighted by Crippen LogP contribution is -2.05. The fourth-order valence-electron chi connectivity index (χ4n) is 1.65. The van der Waals surface area contributed by atoms with Crippen molar-refractivity contribution in [2.45, 2.75) is 20.3 Å². The van der Waals surface area contributed by atoms with Crippen molar-refractivity contribution in [3.05, 3.63) is 36.0 Å². The lowest BCUT2D eigenvalue weighted by atomic mass is 10.1. The van der Waals surface area contributed by atoms with Crippen molar-refractivity contribution in [1.82, 2.24) is 4.98 Å². The van der Waals surface area contributed by atoms with Gasteiger partial charge in [0.15, 0.2) is 0 Å². The van der Waals surface area contributed by atoms with Crippen LogP contribution in [0.3, 0.4) is 0 Å². The van der Waals surface area contributed by atoms with E-state index in [2.05, 4.69) is 17.2 Å². The highest BCUT2D eigenvalue weighted by atomic mass is 16.1. The fourth-order valence-corrected chi connectivity index (χ4v) is 1.65. The molecule has 2 aromatic rings. The summed E-state index contributed by atoms with van der Waals surface area (Å²) in [6.07, 6.45) is 0.934. The Bertz CT molecular complexity index is 534. The van der Waals surface area contributed by atoms with Crippen LogP contribution in [0.25, 0.3) is 10.9 Å². The van der Waals surface area contributed by atoms with Gasteiger partial charge >= 0.3 is 0 Å². The zero-order valence-electron chi connectivity index (χ0n) is 9.45. The van der Waals surface area contributed by atoms with Gasteiger partial charge in [0, 0.05) is 23.7 Å². The van der Waals surface area contributed by atoms with E-state index >= 15 is 0 Å². The van der Waals surface area contributed by atoms with E-state index in [0.717, 1.165) is 28.7 Å². The summed E-state index contributed by atoms with van der Waals surface area (Å²) in [7, 11) is 0. The van der Waals surface area contributed by atoms with Gasteiger partial charge in [-0.2, -0.15) is 0 Å². The van der Waals surface area contributed by atoms with Crippen LogP contribution in [-0.4, -0.2) is 10.9 Å². The number of benzene rings is 1. The molecule has 0 fully saturated rings. The van der Waals surface area contributed by atoms with E-state index in [4.69, 9.17) is 0 Å². The van der Waals surface area contributed by atoms with E-state index in [-0.39, 0.29) is 5.91 Å². The number of fused-ring (bicyclic) bond motifs is 1. The van der Waals surface area contributed by atoms with Gasteiger partial charge in [0.1, 0.15) is 0 Å². The molecule has 1 amide bonds. The Morgan fingerprint density at radius 1 is 1.31 bits per heavy atom. The van der Waals surface area contributed by atoms with Gasteiger partial charge in [-0.15, -0.1) is 0 Å². The summed E-state index contributed by atoms with van der Waals surface area (Å²) in [4.78, 5) is 15.4. The molecule has 1 N–H and O–H groups in total. The van der Waals surface area contributed by atoms with Crippen LogP contribution in [0.15, 0.2) is 30.3 Å². The highest BCUT2D eigenvalue weighted by Gasteiger charge is 2.00. The molecule has 0 aliphatic carbocycles.